The van der Waals surface area contributed by atoms with Crippen LogP contribution in [0.3, 0.4) is 0 Å². The Bertz CT molecular complexity index is 409. The number of rotatable bonds is 6. The number of nitrogens with two attached hydrogens (primary N) is 1. The van der Waals surface area contributed by atoms with Gasteiger partial charge in [-0.05, 0) is 30.4 Å². The third-order valence-corrected chi connectivity index (χ3v) is 4.75. The average molecular weight is 256 g/mol. The molecule has 0 saturated heterocycles. The fraction of sp³-hybridized carbons (Fsp3) is 0.455. The zero-order valence-corrected chi connectivity index (χ0v) is 10.9. The summed E-state index contributed by atoms with van der Waals surface area (Å²) in [4.78, 5) is 1.32. The van der Waals surface area contributed by atoms with Crippen LogP contribution in [0.15, 0.2) is 17.5 Å². The van der Waals surface area contributed by atoms with Crippen LogP contribution in [0.1, 0.15) is 23.8 Å². The summed E-state index contributed by atoms with van der Waals surface area (Å²) < 4.78 is 7.76. The molecule has 2 aromatic heterocycles. The lowest BCUT2D eigenvalue weighted by atomic mass is 10.1. The number of ether oxygens (including phenoxy) is 1. The summed E-state index contributed by atoms with van der Waals surface area (Å²) in [6.45, 7) is 0.790. The van der Waals surface area contributed by atoms with Crippen LogP contribution in [-0.2, 0) is 4.74 Å². The molecule has 5 heteroatoms. The van der Waals surface area contributed by atoms with E-state index in [0.717, 1.165) is 19.4 Å². The maximum absolute atomic E-state index is 5.60. The average Bonchev–Trinajstić information content (AvgIpc) is 2.84. The molecule has 0 spiro atoms. The molecule has 0 aromatic carbocycles. The van der Waals surface area contributed by atoms with E-state index < -0.39 is 0 Å². The maximum Gasteiger partial charge on any atom is 0.0554 e. The van der Waals surface area contributed by atoms with Gasteiger partial charge in [0.25, 0.3) is 0 Å². The van der Waals surface area contributed by atoms with E-state index in [2.05, 4.69) is 22.9 Å². The highest BCUT2D eigenvalue weighted by atomic mass is 32.1. The summed E-state index contributed by atoms with van der Waals surface area (Å²) in [5.41, 5.74) is 2.89. The number of hydrazine groups is 1. The molecule has 0 aliphatic rings. The smallest absolute Gasteiger partial charge is 0.0554 e. The molecule has 16 heavy (non-hydrogen) atoms. The third-order valence-electron chi connectivity index (χ3n) is 2.54. The Morgan fingerprint density at radius 3 is 3.06 bits per heavy atom. The molecular formula is C11H16N2OS2. The van der Waals surface area contributed by atoms with Crippen LogP contribution in [0.2, 0.25) is 0 Å². The van der Waals surface area contributed by atoms with Gasteiger partial charge in [-0.25, -0.2) is 0 Å². The first-order valence-corrected chi connectivity index (χ1v) is 6.96. The fourth-order valence-corrected chi connectivity index (χ4v) is 3.91. The zero-order valence-electron chi connectivity index (χ0n) is 9.23. The molecule has 3 nitrogen and oxygen atoms in total. The first-order chi connectivity index (χ1) is 7.85. The lowest BCUT2D eigenvalue weighted by molar-refractivity contribution is 0.189. The summed E-state index contributed by atoms with van der Waals surface area (Å²) in [7, 11) is 1.73. The number of thiophene rings is 2. The van der Waals surface area contributed by atoms with E-state index in [0.29, 0.717) is 0 Å². The first kappa shape index (κ1) is 12.0. The summed E-state index contributed by atoms with van der Waals surface area (Å²) in [6.07, 6.45) is 2.04. The SMILES string of the molecule is COCCCC(NN)c1cc2sccc2s1. The van der Waals surface area contributed by atoms with Crippen LogP contribution in [-0.4, -0.2) is 13.7 Å². The van der Waals surface area contributed by atoms with Crippen molar-refractivity contribution in [1.29, 1.82) is 0 Å². The maximum atomic E-state index is 5.60. The van der Waals surface area contributed by atoms with Crippen molar-refractivity contribution < 1.29 is 4.74 Å². The number of hydrogen-bond donors (Lipinski definition) is 2. The highest BCUT2D eigenvalue weighted by Crippen LogP contribution is 2.34. The lowest BCUT2D eigenvalue weighted by Gasteiger charge is -2.13. The number of nitrogens with one attached hydrogen (secondary N) is 1. The predicted molar refractivity (Wildman–Crippen MR) is 70.9 cm³/mol. The Balaban J connectivity index is 2.05. The molecule has 88 valence electrons. The van der Waals surface area contributed by atoms with Crippen LogP contribution in [0.5, 0.6) is 0 Å². The van der Waals surface area contributed by atoms with Crippen molar-refractivity contribution in [1.82, 2.24) is 5.43 Å². The van der Waals surface area contributed by atoms with E-state index in [1.54, 1.807) is 18.4 Å². The molecule has 0 radical (unpaired) electrons. The van der Waals surface area contributed by atoms with E-state index >= 15 is 0 Å². The number of hydrogen-bond acceptors (Lipinski definition) is 5. The van der Waals surface area contributed by atoms with Gasteiger partial charge in [0.05, 0.1) is 6.04 Å². The van der Waals surface area contributed by atoms with Crippen LogP contribution in [0.25, 0.3) is 9.40 Å². The van der Waals surface area contributed by atoms with E-state index in [4.69, 9.17) is 10.6 Å². The van der Waals surface area contributed by atoms with Gasteiger partial charge in [0.15, 0.2) is 0 Å². The minimum absolute atomic E-state index is 0.250. The Morgan fingerprint density at radius 2 is 2.38 bits per heavy atom. The highest BCUT2D eigenvalue weighted by Gasteiger charge is 2.13. The van der Waals surface area contributed by atoms with Crippen molar-refractivity contribution in [3.63, 3.8) is 0 Å². The van der Waals surface area contributed by atoms with Crippen LogP contribution in [0, 0.1) is 0 Å². The molecule has 1 unspecified atom stereocenters. The monoisotopic (exact) mass is 256 g/mol. The van der Waals surface area contributed by atoms with Gasteiger partial charge >= 0.3 is 0 Å². The van der Waals surface area contributed by atoms with Crippen LogP contribution >= 0.6 is 22.7 Å². The normalized spacial score (nSPS) is 13.4. The van der Waals surface area contributed by atoms with Crippen LogP contribution in [0.4, 0.5) is 0 Å². The summed E-state index contributed by atoms with van der Waals surface area (Å²) in [5, 5.41) is 2.13. The molecular weight excluding hydrogens is 240 g/mol. The number of fused-ring (bicyclic) bond motifs is 1. The Morgan fingerprint density at radius 1 is 1.50 bits per heavy atom. The second-order valence-corrected chi connectivity index (χ2v) is 5.72. The fourth-order valence-electron chi connectivity index (χ4n) is 1.70. The molecule has 1 atom stereocenters. The van der Waals surface area contributed by atoms with Crippen molar-refractivity contribution in [2.45, 2.75) is 18.9 Å². The van der Waals surface area contributed by atoms with Crippen molar-refractivity contribution >= 4 is 32.1 Å². The molecule has 0 aliphatic carbocycles. The van der Waals surface area contributed by atoms with Crippen LogP contribution < -0.4 is 11.3 Å². The largest absolute Gasteiger partial charge is 0.385 e. The summed E-state index contributed by atoms with van der Waals surface area (Å²) >= 11 is 3.60. The Hall–Kier alpha value is -0.460. The minimum Gasteiger partial charge on any atom is -0.385 e. The Labute approximate surface area is 103 Å². The van der Waals surface area contributed by atoms with Gasteiger partial charge in [0.1, 0.15) is 0 Å². The first-order valence-electron chi connectivity index (χ1n) is 5.27. The van der Waals surface area contributed by atoms with Crippen molar-refractivity contribution in [3.05, 3.63) is 22.4 Å². The standard InChI is InChI=1S/C11H16N2OS2/c1-14-5-2-3-8(13-12)10-7-11-9(16-10)4-6-15-11/h4,6-8,13H,2-3,5,12H2,1H3. The second-order valence-electron chi connectivity index (χ2n) is 3.65. The quantitative estimate of drug-likeness (QED) is 0.474. The van der Waals surface area contributed by atoms with Gasteiger partial charge in [0.2, 0.25) is 0 Å². The second kappa shape index (κ2) is 5.75. The third kappa shape index (κ3) is 2.61. The van der Waals surface area contributed by atoms with Gasteiger partial charge in [-0.1, -0.05) is 0 Å². The van der Waals surface area contributed by atoms with Gasteiger partial charge in [-0.15, -0.1) is 22.7 Å². The van der Waals surface area contributed by atoms with E-state index in [1.807, 2.05) is 11.3 Å². The topological polar surface area (TPSA) is 47.3 Å². The molecule has 0 fully saturated rings. The molecule has 2 rings (SSSR count). The number of methoxy groups -OCH3 is 1. The zero-order chi connectivity index (χ0) is 11.4. The molecule has 0 saturated carbocycles. The predicted octanol–water partition coefficient (Wildman–Crippen LogP) is 2.89. The highest BCUT2D eigenvalue weighted by molar-refractivity contribution is 7.26. The lowest BCUT2D eigenvalue weighted by Crippen LogP contribution is -2.27. The van der Waals surface area contributed by atoms with Gasteiger partial charge in [-0.2, -0.15) is 0 Å². The minimum atomic E-state index is 0.250. The summed E-state index contributed by atoms with van der Waals surface area (Å²) in [6, 6.07) is 4.65. The van der Waals surface area contributed by atoms with Crippen molar-refractivity contribution in [2.75, 3.05) is 13.7 Å². The molecule has 2 heterocycles. The van der Waals surface area contributed by atoms with Gasteiger partial charge in [0, 0.05) is 28.0 Å². The van der Waals surface area contributed by atoms with E-state index in [-0.39, 0.29) is 6.04 Å². The molecule has 3 N–H and O–H groups in total. The van der Waals surface area contributed by atoms with E-state index in [9.17, 15) is 0 Å². The van der Waals surface area contributed by atoms with Gasteiger partial charge in [-0.3, -0.25) is 11.3 Å². The molecule has 0 bridgehead atoms. The van der Waals surface area contributed by atoms with E-state index in [1.165, 1.54) is 14.3 Å². The molecule has 2 aromatic rings. The molecule has 0 amide bonds. The van der Waals surface area contributed by atoms with Crippen molar-refractivity contribution in [2.24, 2.45) is 5.84 Å². The van der Waals surface area contributed by atoms with Gasteiger partial charge < -0.3 is 4.74 Å². The van der Waals surface area contributed by atoms with Crippen molar-refractivity contribution in [3.8, 4) is 0 Å². The Kier molecular flexibility index (Phi) is 4.31. The summed E-state index contributed by atoms with van der Waals surface area (Å²) in [5.74, 6) is 5.60. The molecule has 0 aliphatic heterocycles.